The Labute approximate surface area is 120 Å². The van der Waals surface area contributed by atoms with Crippen molar-refractivity contribution in [1.29, 1.82) is 0 Å². The van der Waals surface area contributed by atoms with Gasteiger partial charge >= 0.3 is 0 Å². The van der Waals surface area contributed by atoms with Crippen LogP contribution in [0.5, 0.6) is 0 Å². The molecular formula is C12H24N2O3S2. The van der Waals surface area contributed by atoms with Gasteiger partial charge in [0.15, 0.2) is 9.84 Å². The van der Waals surface area contributed by atoms with Crippen LogP contribution in [0.1, 0.15) is 19.8 Å². The Bertz CT molecular complexity index is 394. The highest BCUT2D eigenvalue weighted by molar-refractivity contribution is 8.01. The van der Waals surface area contributed by atoms with E-state index in [2.05, 4.69) is 4.90 Å². The number of nitrogens with two attached hydrogens (primary N) is 1. The summed E-state index contributed by atoms with van der Waals surface area (Å²) in [6.45, 7) is 4.57. The molecule has 0 aromatic heterocycles. The maximum atomic E-state index is 12.2. The van der Waals surface area contributed by atoms with Crippen LogP contribution in [0.3, 0.4) is 0 Å². The number of sulfone groups is 1. The molecule has 0 aromatic carbocycles. The molecule has 2 fully saturated rings. The van der Waals surface area contributed by atoms with Gasteiger partial charge in [0.05, 0.1) is 0 Å². The largest absolute Gasteiger partial charge is 0.381 e. The lowest BCUT2D eigenvalue weighted by molar-refractivity contribution is 0.0370. The molecule has 112 valence electrons. The van der Waals surface area contributed by atoms with Crippen LogP contribution in [0, 0.1) is 0 Å². The van der Waals surface area contributed by atoms with Gasteiger partial charge < -0.3 is 10.5 Å². The van der Waals surface area contributed by atoms with Crippen molar-refractivity contribution in [1.82, 2.24) is 4.90 Å². The molecule has 2 saturated heterocycles. The van der Waals surface area contributed by atoms with Crippen LogP contribution in [0.4, 0.5) is 0 Å². The molecule has 0 radical (unpaired) electrons. The molecule has 2 aliphatic rings. The number of rotatable bonds is 4. The number of thioether (sulfide) groups is 1. The van der Waals surface area contributed by atoms with Gasteiger partial charge in [0, 0.05) is 49.1 Å². The third kappa shape index (κ3) is 3.85. The van der Waals surface area contributed by atoms with Crippen molar-refractivity contribution in [3.63, 3.8) is 0 Å². The summed E-state index contributed by atoms with van der Waals surface area (Å²) in [5.41, 5.74) is 6.12. The summed E-state index contributed by atoms with van der Waals surface area (Å²) in [6, 6.07) is 0. The lowest BCUT2D eigenvalue weighted by atomic mass is 9.90. The van der Waals surface area contributed by atoms with Crippen LogP contribution in [-0.2, 0) is 14.6 Å². The summed E-state index contributed by atoms with van der Waals surface area (Å²) < 4.78 is 29.7. The van der Waals surface area contributed by atoms with E-state index in [-0.39, 0.29) is 16.7 Å². The van der Waals surface area contributed by atoms with E-state index in [1.807, 2.05) is 0 Å². The molecule has 0 saturated carbocycles. The predicted molar refractivity (Wildman–Crippen MR) is 79.1 cm³/mol. The van der Waals surface area contributed by atoms with E-state index in [4.69, 9.17) is 10.5 Å². The van der Waals surface area contributed by atoms with Gasteiger partial charge in [0.25, 0.3) is 0 Å². The second-order valence-electron chi connectivity index (χ2n) is 5.43. The van der Waals surface area contributed by atoms with Crippen LogP contribution >= 0.6 is 11.8 Å². The first-order valence-corrected chi connectivity index (χ1v) is 9.74. The highest BCUT2D eigenvalue weighted by atomic mass is 32.2. The molecule has 0 spiro atoms. The van der Waals surface area contributed by atoms with Crippen molar-refractivity contribution in [2.24, 2.45) is 5.73 Å². The zero-order valence-electron chi connectivity index (χ0n) is 11.5. The predicted octanol–water partition coefficient (Wildman–Crippen LogP) is 0.304. The van der Waals surface area contributed by atoms with Crippen molar-refractivity contribution in [3.8, 4) is 0 Å². The van der Waals surface area contributed by atoms with E-state index < -0.39 is 9.84 Å². The fourth-order valence-corrected chi connectivity index (χ4v) is 5.74. The Balaban J connectivity index is 2.07. The molecule has 0 bridgehead atoms. The third-order valence-corrected chi connectivity index (χ3v) is 7.35. The maximum Gasteiger partial charge on any atom is 0.166 e. The van der Waals surface area contributed by atoms with Gasteiger partial charge in [-0.15, -0.1) is 0 Å². The van der Waals surface area contributed by atoms with Crippen molar-refractivity contribution < 1.29 is 13.2 Å². The van der Waals surface area contributed by atoms with Crippen molar-refractivity contribution in [2.45, 2.75) is 30.7 Å². The number of ether oxygens (including phenoxy) is 1. The van der Waals surface area contributed by atoms with Gasteiger partial charge in [0.2, 0.25) is 0 Å². The lowest BCUT2D eigenvalue weighted by Crippen LogP contribution is -2.58. The lowest BCUT2D eigenvalue weighted by Gasteiger charge is -2.42. The summed E-state index contributed by atoms with van der Waals surface area (Å²) in [5, 5.41) is -0.362. The fraction of sp³-hybridized carbons (Fsp3) is 1.00. The van der Waals surface area contributed by atoms with E-state index in [0.717, 1.165) is 25.1 Å². The van der Waals surface area contributed by atoms with Crippen LogP contribution in [0.15, 0.2) is 0 Å². The summed E-state index contributed by atoms with van der Waals surface area (Å²) in [5.74, 6) is 1.86. The quantitative estimate of drug-likeness (QED) is 0.805. The van der Waals surface area contributed by atoms with Crippen LogP contribution < -0.4 is 5.73 Å². The van der Waals surface area contributed by atoms with Crippen molar-refractivity contribution in [2.75, 3.05) is 43.6 Å². The zero-order chi connectivity index (χ0) is 13.9. The molecule has 5 nitrogen and oxygen atoms in total. The Hall–Kier alpha value is 0.180. The molecule has 1 unspecified atom stereocenters. The van der Waals surface area contributed by atoms with Gasteiger partial charge in [-0.25, -0.2) is 8.42 Å². The normalized spacial score (nSPS) is 29.3. The highest BCUT2D eigenvalue weighted by Crippen LogP contribution is 2.26. The van der Waals surface area contributed by atoms with Crippen LogP contribution in [0.2, 0.25) is 0 Å². The monoisotopic (exact) mass is 308 g/mol. The van der Waals surface area contributed by atoms with E-state index in [0.29, 0.717) is 25.5 Å². The Morgan fingerprint density at radius 1 is 1.42 bits per heavy atom. The highest BCUT2D eigenvalue weighted by Gasteiger charge is 2.38. The molecule has 0 aliphatic carbocycles. The van der Waals surface area contributed by atoms with Gasteiger partial charge in [-0.05, 0) is 12.8 Å². The minimum absolute atomic E-state index is 0.204. The van der Waals surface area contributed by atoms with Gasteiger partial charge in [-0.2, -0.15) is 11.8 Å². The molecular weight excluding hydrogens is 284 g/mol. The van der Waals surface area contributed by atoms with E-state index in [1.165, 1.54) is 0 Å². The number of hydrogen-bond acceptors (Lipinski definition) is 6. The SMILES string of the molecule is CCS(=O)(=O)C1CSCCN1CC1(N)CCOCC1. The van der Waals surface area contributed by atoms with Crippen molar-refractivity contribution >= 4 is 21.6 Å². The number of nitrogens with zero attached hydrogens (tertiary/aromatic N) is 1. The molecule has 2 aliphatic heterocycles. The first kappa shape index (κ1) is 15.6. The van der Waals surface area contributed by atoms with Gasteiger partial charge in [0.1, 0.15) is 5.37 Å². The first-order valence-electron chi connectivity index (χ1n) is 6.87. The smallest absolute Gasteiger partial charge is 0.166 e. The minimum Gasteiger partial charge on any atom is -0.381 e. The molecule has 2 N–H and O–H groups in total. The average molecular weight is 308 g/mol. The van der Waals surface area contributed by atoms with Crippen LogP contribution in [0.25, 0.3) is 0 Å². The summed E-state index contributed by atoms with van der Waals surface area (Å²) in [7, 11) is -3.03. The minimum atomic E-state index is -3.03. The topological polar surface area (TPSA) is 72.6 Å². The molecule has 2 heterocycles. The Morgan fingerprint density at radius 3 is 2.74 bits per heavy atom. The number of hydrogen-bond donors (Lipinski definition) is 1. The molecule has 2 rings (SSSR count). The Kier molecular flexibility index (Phi) is 5.16. The summed E-state index contributed by atoms with van der Waals surface area (Å²) in [4.78, 5) is 2.08. The van der Waals surface area contributed by atoms with E-state index >= 15 is 0 Å². The van der Waals surface area contributed by atoms with E-state index in [1.54, 1.807) is 18.7 Å². The molecule has 7 heteroatoms. The van der Waals surface area contributed by atoms with E-state index in [9.17, 15) is 8.42 Å². The zero-order valence-corrected chi connectivity index (χ0v) is 13.1. The molecule has 1 atom stereocenters. The molecule has 19 heavy (non-hydrogen) atoms. The molecule has 0 amide bonds. The van der Waals surface area contributed by atoms with Crippen molar-refractivity contribution in [3.05, 3.63) is 0 Å². The van der Waals surface area contributed by atoms with Gasteiger partial charge in [-0.1, -0.05) is 6.92 Å². The fourth-order valence-electron chi connectivity index (χ4n) is 2.66. The average Bonchev–Trinajstić information content (AvgIpc) is 2.39. The first-order chi connectivity index (χ1) is 8.97. The van der Waals surface area contributed by atoms with Gasteiger partial charge in [-0.3, -0.25) is 4.90 Å². The molecule has 0 aromatic rings. The maximum absolute atomic E-state index is 12.2. The summed E-state index contributed by atoms with van der Waals surface area (Å²) >= 11 is 1.72. The third-order valence-electron chi connectivity index (χ3n) is 4.01. The second kappa shape index (κ2) is 6.30. The standard InChI is InChI=1S/C12H24N2O3S2/c1-2-19(15,16)11-9-18-8-5-14(11)10-12(13)3-6-17-7-4-12/h11H,2-10,13H2,1H3. The summed E-state index contributed by atoms with van der Waals surface area (Å²) in [6.07, 6.45) is 1.63. The second-order valence-corrected chi connectivity index (χ2v) is 9.02. The Morgan fingerprint density at radius 2 is 2.11 bits per heavy atom. The van der Waals surface area contributed by atoms with Crippen LogP contribution in [-0.4, -0.2) is 67.8 Å².